The Morgan fingerprint density at radius 2 is 1.27 bits per heavy atom. The molecule has 0 amide bonds. The highest BCUT2D eigenvalue weighted by Gasteiger charge is 1.57. The molecule has 0 aliphatic carbocycles. The second kappa shape index (κ2) is 6.88. The second-order valence-electron chi connectivity index (χ2n) is 1.53. The molecule has 2 N–H and O–H groups in total. The van der Waals surface area contributed by atoms with Gasteiger partial charge in [-0.1, -0.05) is 0 Å². The molecule has 0 fully saturated rings. The van der Waals surface area contributed by atoms with Crippen molar-refractivity contribution < 1.29 is 0 Å². The molecular weight excluding hydrogens is 160 g/mol. The Hall–Kier alpha value is -1.23. The number of rotatable bonds is 0. The van der Waals surface area contributed by atoms with Gasteiger partial charge in [0.25, 0.3) is 0 Å². The summed E-state index contributed by atoms with van der Waals surface area (Å²) in [6, 6.07) is 3.67. The fourth-order valence-corrected chi connectivity index (χ4v) is 0.430. The summed E-state index contributed by atoms with van der Waals surface area (Å²) in [7, 11) is 0. The van der Waals surface area contributed by atoms with Crippen LogP contribution in [0.3, 0.4) is 0 Å². The lowest BCUT2D eigenvalue weighted by atomic mass is 10.8. The van der Waals surface area contributed by atoms with Crippen molar-refractivity contribution in [1.29, 1.82) is 0 Å². The van der Waals surface area contributed by atoms with Gasteiger partial charge in [0.2, 0.25) is 0 Å². The van der Waals surface area contributed by atoms with Crippen LogP contribution in [0.5, 0.6) is 0 Å². The first kappa shape index (κ1) is 9.77. The van der Waals surface area contributed by atoms with Gasteiger partial charge in [-0.05, 0) is 12.1 Å². The van der Waals surface area contributed by atoms with Crippen LogP contribution in [0.4, 0.5) is 0 Å². The number of nitrogens with zero attached hydrogens (tertiary/aromatic N) is 2. The minimum absolute atomic E-state index is 0. The molecule has 0 unspecified atom stereocenters. The molecule has 0 atom stereocenters. The Morgan fingerprint density at radius 1 is 0.818 bits per heavy atom. The number of aromatic amines is 2. The lowest BCUT2D eigenvalue weighted by Crippen LogP contribution is -1.53. The molecule has 2 aromatic heterocycles. The minimum atomic E-state index is 0. The Balaban J connectivity index is 0.000000167. The molecule has 2 rings (SSSR count). The van der Waals surface area contributed by atoms with Crippen LogP contribution in [0.15, 0.2) is 36.9 Å². The highest BCUT2D eigenvalue weighted by molar-refractivity contribution is 7.59. The Morgan fingerprint density at radius 3 is 1.36 bits per heavy atom. The van der Waals surface area contributed by atoms with Crippen molar-refractivity contribution in [3.05, 3.63) is 36.9 Å². The average molecular weight is 170 g/mol. The highest BCUT2D eigenvalue weighted by Crippen LogP contribution is 1.65. The van der Waals surface area contributed by atoms with E-state index in [0.29, 0.717) is 0 Å². The van der Waals surface area contributed by atoms with E-state index in [-0.39, 0.29) is 13.5 Å². The SMILES string of the molecule is S.c1cn[nH]c1.c1cn[nH]c1. The van der Waals surface area contributed by atoms with Gasteiger partial charge in [0.15, 0.2) is 0 Å². The summed E-state index contributed by atoms with van der Waals surface area (Å²) in [5.41, 5.74) is 0. The molecule has 0 aliphatic rings. The standard InChI is InChI=1S/2C3H4N2.H2S/c2*1-2-4-5-3-1;/h2*1-3H,(H,4,5);1H2. The molecule has 0 aliphatic heterocycles. The molecule has 0 saturated carbocycles. The minimum Gasteiger partial charge on any atom is -0.286 e. The van der Waals surface area contributed by atoms with Crippen molar-refractivity contribution in [2.24, 2.45) is 0 Å². The van der Waals surface area contributed by atoms with Crippen LogP contribution < -0.4 is 0 Å². The summed E-state index contributed by atoms with van der Waals surface area (Å²) < 4.78 is 0. The van der Waals surface area contributed by atoms with Gasteiger partial charge >= 0.3 is 0 Å². The Bertz CT molecular complexity index is 154. The Kier molecular flexibility index (Phi) is 6.11. The molecule has 0 radical (unpaired) electrons. The number of aromatic nitrogens is 4. The van der Waals surface area contributed by atoms with Gasteiger partial charge in [-0.25, -0.2) is 0 Å². The predicted molar refractivity (Wildman–Crippen MR) is 47.6 cm³/mol. The molecular formula is C6H10N4S. The van der Waals surface area contributed by atoms with Crippen LogP contribution in [-0.4, -0.2) is 20.4 Å². The summed E-state index contributed by atoms with van der Waals surface area (Å²) in [6.07, 6.45) is 6.92. The quantitative estimate of drug-likeness (QED) is 0.618. The first-order valence-electron chi connectivity index (χ1n) is 2.87. The summed E-state index contributed by atoms with van der Waals surface area (Å²) in [5, 5.41) is 12.4. The van der Waals surface area contributed by atoms with E-state index in [4.69, 9.17) is 0 Å². The maximum atomic E-state index is 3.60. The lowest BCUT2D eigenvalue weighted by molar-refractivity contribution is 1.09. The second-order valence-corrected chi connectivity index (χ2v) is 1.53. The molecule has 0 aromatic carbocycles. The summed E-state index contributed by atoms with van der Waals surface area (Å²) >= 11 is 0. The molecule has 60 valence electrons. The van der Waals surface area contributed by atoms with Gasteiger partial charge in [-0.2, -0.15) is 23.7 Å². The van der Waals surface area contributed by atoms with E-state index < -0.39 is 0 Å². The van der Waals surface area contributed by atoms with E-state index in [0.717, 1.165) is 0 Å². The summed E-state index contributed by atoms with van der Waals surface area (Å²) in [6.45, 7) is 0. The summed E-state index contributed by atoms with van der Waals surface area (Å²) in [5.74, 6) is 0. The highest BCUT2D eigenvalue weighted by atomic mass is 32.1. The first-order chi connectivity index (χ1) is 5.00. The number of hydrogen-bond donors (Lipinski definition) is 2. The van der Waals surface area contributed by atoms with Crippen molar-refractivity contribution in [3.8, 4) is 0 Å². The number of H-pyrrole nitrogens is 2. The molecule has 11 heavy (non-hydrogen) atoms. The fourth-order valence-electron chi connectivity index (χ4n) is 0.430. The van der Waals surface area contributed by atoms with Crippen LogP contribution in [0.2, 0.25) is 0 Å². The van der Waals surface area contributed by atoms with Gasteiger partial charge in [0.1, 0.15) is 0 Å². The zero-order chi connectivity index (χ0) is 7.07. The van der Waals surface area contributed by atoms with Crippen molar-refractivity contribution in [2.45, 2.75) is 0 Å². The molecule has 4 nitrogen and oxygen atoms in total. The normalized spacial score (nSPS) is 7.27. The van der Waals surface area contributed by atoms with E-state index in [1.807, 2.05) is 12.1 Å². The van der Waals surface area contributed by atoms with Crippen LogP contribution in [0, 0.1) is 0 Å². The number of nitrogens with one attached hydrogen (secondary N) is 2. The van der Waals surface area contributed by atoms with E-state index >= 15 is 0 Å². The zero-order valence-corrected chi connectivity index (χ0v) is 6.86. The van der Waals surface area contributed by atoms with Crippen molar-refractivity contribution in [3.63, 3.8) is 0 Å². The van der Waals surface area contributed by atoms with Crippen molar-refractivity contribution >= 4 is 13.5 Å². The molecule has 2 heterocycles. The van der Waals surface area contributed by atoms with E-state index in [1.165, 1.54) is 0 Å². The van der Waals surface area contributed by atoms with Crippen molar-refractivity contribution in [2.75, 3.05) is 0 Å². The lowest BCUT2D eigenvalue weighted by Gasteiger charge is -1.49. The maximum absolute atomic E-state index is 3.60. The maximum Gasteiger partial charge on any atom is 0.0487 e. The van der Waals surface area contributed by atoms with E-state index in [1.54, 1.807) is 24.8 Å². The van der Waals surface area contributed by atoms with Gasteiger partial charge in [0, 0.05) is 24.8 Å². The Labute approximate surface area is 71.5 Å². The predicted octanol–water partition coefficient (Wildman–Crippen LogP) is 0.932. The largest absolute Gasteiger partial charge is 0.286 e. The van der Waals surface area contributed by atoms with Crippen LogP contribution in [-0.2, 0) is 0 Å². The molecule has 5 heteroatoms. The third-order valence-corrected chi connectivity index (χ3v) is 0.812. The van der Waals surface area contributed by atoms with Gasteiger partial charge < -0.3 is 0 Å². The van der Waals surface area contributed by atoms with Gasteiger partial charge in [0.05, 0.1) is 0 Å². The van der Waals surface area contributed by atoms with Crippen LogP contribution >= 0.6 is 13.5 Å². The van der Waals surface area contributed by atoms with Gasteiger partial charge in [-0.3, -0.25) is 10.2 Å². The molecule has 2 aromatic rings. The number of hydrogen-bond acceptors (Lipinski definition) is 2. The monoisotopic (exact) mass is 170 g/mol. The molecule has 0 spiro atoms. The van der Waals surface area contributed by atoms with Crippen LogP contribution in [0.1, 0.15) is 0 Å². The molecule has 0 saturated heterocycles. The average Bonchev–Trinajstić information content (AvgIpc) is 2.67. The van der Waals surface area contributed by atoms with Crippen LogP contribution in [0.25, 0.3) is 0 Å². The van der Waals surface area contributed by atoms with Crippen molar-refractivity contribution in [1.82, 2.24) is 20.4 Å². The zero-order valence-electron chi connectivity index (χ0n) is 5.86. The molecule has 0 bridgehead atoms. The van der Waals surface area contributed by atoms with E-state index in [9.17, 15) is 0 Å². The van der Waals surface area contributed by atoms with E-state index in [2.05, 4.69) is 20.4 Å². The fraction of sp³-hybridized carbons (Fsp3) is 0. The third-order valence-electron chi connectivity index (χ3n) is 0.812. The summed E-state index contributed by atoms with van der Waals surface area (Å²) in [4.78, 5) is 0. The smallest absolute Gasteiger partial charge is 0.0487 e. The topological polar surface area (TPSA) is 57.4 Å². The van der Waals surface area contributed by atoms with Gasteiger partial charge in [-0.15, -0.1) is 0 Å². The third kappa shape index (κ3) is 5.23. The first-order valence-corrected chi connectivity index (χ1v) is 2.87.